The van der Waals surface area contributed by atoms with Gasteiger partial charge in [-0.3, -0.25) is 4.99 Å². The predicted octanol–water partition coefficient (Wildman–Crippen LogP) is 3.07. The molecule has 1 heteroatoms. The third-order valence-corrected chi connectivity index (χ3v) is 2.32. The van der Waals surface area contributed by atoms with E-state index in [4.69, 9.17) is 0 Å². The maximum Gasteiger partial charge on any atom is 0.0393 e. The first-order chi connectivity index (χ1) is 6.25. The third kappa shape index (κ3) is 1.69. The van der Waals surface area contributed by atoms with Gasteiger partial charge in [-0.2, -0.15) is 0 Å². The molecule has 66 valence electrons. The summed E-state index contributed by atoms with van der Waals surface area (Å²) in [6.07, 6.45) is 4.19. The first-order valence-corrected chi connectivity index (χ1v) is 4.55. The fraction of sp³-hybridized carbons (Fsp3) is 0.250. The van der Waals surface area contributed by atoms with Crippen molar-refractivity contribution in [1.29, 1.82) is 0 Å². The lowest BCUT2D eigenvalue weighted by Crippen LogP contribution is -1.92. The van der Waals surface area contributed by atoms with Crippen LogP contribution in [0.4, 0.5) is 0 Å². The van der Waals surface area contributed by atoms with Gasteiger partial charge in [-0.05, 0) is 19.4 Å². The highest BCUT2D eigenvalue weighted by Gasteiger charge is 2.09. The van der Waals surface area contributed by atoms with E-state index in [1.165, 1.54) is 11.1 Å². The van der Waals surface area contributed by atoms with E-state index < -0.39 is 0 Å². The molecule has 0 aliphatic carbocycles. The average molecular weight is 171 g/mol. The van der Waals surface area contributed by atoms with Crippen LogP contribution in [-0.4, -0.2) is 6.21 Å². The molecule has 1 aliphatic heterocycles. The van der Waals surface area contributed by atoms with Gasteiger partial charge in [0.05, 0.1) is 0 Å². The molecule has 1 heterocycles. The first-order valence-electron chi connectivity index (χ1n) is 4.55. The lowest BCUT2D eigenvalue weighted by Gasteiger charge is -2.03. The van der Waals surface area contributed by atoms with Gasteiger partial charge < -0.3 is 0 Å². The molecule has 0 bridgehead atoms. The van der Waals surface area contributed by atoms with Gasteiger partial charge in [-0.15, -0.1) is 0 Å². The van der Waals surface area contributed by atoms with Crippen LogP contribution in [0.15, 0.2) is 41.0 Å². The number of allylic oxidation sites excluding steroid dienone is 2. The molecule has 1 unspecified atom stereocenters. The standard InChI is InChI=1S/C12H13N/c1-9-3-5-11(6-4-9)12-7-10(2)13-8-12/h3-8,12H,1-2H3. The van der Waals surface area contributed by atoms with Crippen LogP contribution in [0.1, 0.15) is 24.0 Å². The van der Waals surface area contributed by atoms with Crippen molar-refractivity contribution < 1.29 is 0 Å². The number of hydrogen-bond donors (Lipinski definition) is 0. The number of benzene rings is 1. The fourth-order valence-corrected chi connectivity index (χ4v) is 1.51. The molecular weight excluding hydrogens is 158 g/mol. The Morgan fingerprint density at radius 1 is 1.08 bits per heavy atom. The number of aliphatic imine (C=N–C) groups is 1. The maximum atomic E-state index is 4.25. The Labute approximate surface area is 78.8 Å². The topological polar surface area (TPSA) is 12.4 Å². The summed E-state index contributed by atoms with van der Waals surface area (Å²) in [5.74, 6) is 0.389. The lowest BCUT2D eigenvalue weighted by molar-refractivity contribution is 1.17. The van der Waals surface area contributed by atoms with Crippen molar-refractivity contribution in [2.45, 2.75) is 19.8 Å². The summed E-state index contributed by atoms with van der Waals surface area (Å²) in [5.41, 5.74) is 3.75. The van der Waals surface area contributed by atoms with Crippen LogP contribution in [0.5, 0.6) is 0 Å². The zero-order chi connectivity index (χ0) is 9.26. The van der Waals surface area contributed by atoms with Gasteiger partial charge in [0.2, 0.25) is 0 Å². The zero-order valence-electron chi connectivity index (χ0n) is 7.99. The Bertz CT molecular complexity index is 357. The zero-order valence-corrected chi connectivity index (χ0v) is 7.99. The van der Waals surface area contributed by atoms with Crippen LogP contribution in [0.25, 0.3) is 0 Å². The SMILES string of the molecule is CC1=CC(c2ccc(C)cc2)C=N1. The van der Waals surface area contributed by atoms with Gasteiger partial charge in [0.25, 0.3) is 0 Å². The van der Waals surface area contributed by atoms with Crippen molar-refractivity contribution in [3.8, 4) is 0 Å². The molecule has 0 saturated heterocycles. The molecule has 1 aliphatic rings. The molecule has 0 fully saturated rings. The van der Waals surface area contributed by atoms with Crippen molar-refractivity contribution in [2.75, 3.05) is 0 Å². The van der Waals surface area contributed by atoms with Gasteiger partial charge in [0, 0.05) is 17.8 Å². The maximum absolute atomic E-state index is 4.25. The molecule has 1 aromatic carbocycles. The number of nitrogens with zero attached hydrogens (tertiary/aromatic N) is 1. The van der Waals surface area contributed by atoms with Gasteiger partial charge >= 0.3 is 0 Å². The Morgan fingerprint density at radius 3 is 2.31 bits per heavy atom. The summed E-state index contributed by atoms with van der Waals surface area (Å²) >= 11 is 0. The minimum absolute atomic E-state index is 0.389. The molecule has 1 aromatic rings. The van der Waals surface area contributed by atoms with Crippen LogP contribution < -0.4 is 0 Å². The minimum atomic E-state index is 0.389. The Hall–Kier alpha value is -1.37. The minimum Gasteiger partial charge on any atom is -0.265 e. The molecular formula is C12H13N. The van der Waals surface area contributed by atoms with E-state index in [-0.39, 0.29) is 0 Å². The molecule has 1 atom stereocenters. The van der Waals surface area contributed by atoms with Crippen LogP contribution in [0, 0.1) is 6.92 Å². The fourth-order valence-electron chi connectivity index (χ4n) is 1.51. The third-order valence-electron chi connectivity index (χ3n) is 2.32. The first kappa shape index (κ1) is 8.24. The molecule has 13 heavy (non-hydrogen) atoms. The lowest BCUT2D eigenvalue weighted by atomic mass is 10.00. The number of aryl methyl sites for hydroxylation is 1. The van der Waals surface area contributed by atoms with Gasteiger partial charge in [-0.25, -0.2) is 0 Å². The molecule has 1 nitrogen and oxygen atoms in total. The molecule has 0 radical (unpaired) electrons. The van der Waals surface area contributed by atoms with E-state index >= 15 is 0 Å². The normalized spacial score (nSPS) is 20.5. The summed E-state index contributed by atoms with van der Waals surface area (Å²) in [6, 6.07) is 8.62. The summed E-state index contributed by atoms with van der Waals surface area (Å²) < 4.78 is 0. The second-order valence-corrected chi connectivity index (χ2v) is 3.52. The van der Waals surface area contributed by atoms with E-state index in [0.29, 0.717) is 5.92 Å². The number of rotatable bonds is 1. The quantitative estimate of drug-likeness (QED) is 0.615. The second kappa shape index (κ2) is 3.17. The second-order valence-electron chi connectivity index (χ2n) is 3.52. The monoisotopic (exact) mass is 171 g/mol. The van der Waals surface area contributed by atoms with Crippen molar-refractivity contribution in [3.63, 3.8) is 0 Å². The highest BCUT2D eigenvalue weighted by atomic mass is 14.7. The smallest absolute Gasteiger partial charge is 0.0393 e. The molecule has 0 N–H and O–H groups in total. The van der Waals surface area contributed by atoms with Crippen LogP contribution >= 0.6 is 0 Å². The molecule has 0 amide bonds. The Kier molecular flexibility index (Phi) is 2.01. The number of hydrogen-bond acceptors (Lipinski definition) is 1. The average Bonchev–Trinajstić information content (AvgIpc) is 2.53. The largest absolute Gasteiger partial charge is 0.265 e. The molecule has 0 spiro atoms. The molecule has 0 saturated carbocycles. The van der Waals surface area contributed by atoms with Crippen LogP contribution in [0.3, 0.4) is 0 Å². The predicted molar refractivity (Wildman–Crippen MR) is 56.2 cm³/mol. The van der Waals surface area contributed by atoms with Crippen molar-refractivity contribution in [3.05, 3.63) is 47.2 Å². The van der Waals surface area contributed by atoms with Gasteiger partial charge in [0.1, 0.15) is 0 Å². The Balaban J connectivity index is 2.28. The van der Waals surface area contributed by atoms with E-state index in [9.17, 15) is 0 Å². The van der Waals surface area contributed by atoms with Crippen LogP contribution in [0.2, 0.25) is 0 Å². The summed E-state index contributed by atoms with van der Waals surface area (Å²) in [6.45, 7) is 4.14. The molecule has 2 rings (SSSR count). The van der Waals surface area contributed by atoms with E-state index in [1.807, 2.05) is 13.1 Å². The van der Waals surface area contributed by atoms with Gasteiger partial charge in [0.15, 0.2) is 0 Å². The highest BCUT2D eigenvalue weighted by molar-refractivity contribution is 5.74. The van der Waals surface area contributed by atoms with Crippen molar-refractivity contribution in [1.82, 2.24) is 0 Å². The van der Waals surface area contributed by atoms with E-state index in [0.717, 1.165) is 5.70 Å². The Morgan fingerprint density at radius 2 is 1.77 bits per heavy atom. The summed E-state index contributed by atoms with van der Waals surface area (Å²) in [5, 5.41) is 0. The van der Waals surface area contributed by atoms with Crippen LogP contribution in [-0.2, 0) is 0 Å². The van der Waals surface area contributed by atoms with Crippen molar-refractivity contribution >= 4 is 6.21 Å². The summed E-state index contributed by atoms with van der Waals surface area (Å²) in [7, 11) is 0. The van der Waals surface area contributed by atoms with Crippen molar-refractivity contribution in [2.24, 2.45) is 4.99 Å². The van der Waals surface area contributed by atoms with Gasteiger partial charge in [-0.1, -0.05) is 35.9 Å². The molecule has 0 aromatic heterocycles. The summed E-state index contributed by atoms with van der Waals surface area (Å²) in [4.78, 5) is 4.25. The highest BCUT2D eigenvalue weighted by Crippen LogP contribution is 2.22. The van der Waals surface area contributed by atoms with E-state index in [1.54, 1.807) is 0 Å². The van der Waals surface area contributed by atoms with E-state index in [2.05, 4.69) is 42.3 Å².